The van der Waals surface area contributed by atoms with Crippen LogP contribution in [0.5, 0.6) is 0 Å². The number of aryl methyl sites for hydroxylation is 1. The van der Waals surface area contributed by atoms with Gasteiger partial charge < -0.3 is 15.8 Å². The topological polar surface area (TPSA) is 82.2 Å². The van der Waals surface area contributed by atoms with Gasteiger partial charge in [-0.25, -0.2) is 0 Å². The molecule has 1 saturated heterocycles. The van der Waals surface area contributed by atoms with Crippen LogP contribution in [0.4, 0.5) is 0 Å². The fraction of sp³-hybridized carbons (Fsp3) is 0.444. The number of aromatic nitrogens is 2. The Morgan fingerprint density at radius 2 is 2.21 bits per heavy atom. The zero-order chi connectivity index (χ0) is 16.9. The second-order valence-electron chi connectivity index (χ2n) is 6.16. The number of ether oxygens (including phenoxy) is 1. The van der Waals surface area contributed by atoms with Crippen molar-refractivity contribution in [3.8, 4) is 0 Å². The Balaban J connectivity index is 1.52. The van der Waals surface area contributed by atoms with Gasteiger partial charge in [0.1, 0.15) is 0 Å². The van der Waals surface area contributed by atoms with E-state index in [9.17, 15) is 4.79 Å². The third-order valence-electron chi connectivity index (χ3n) is 4.49. The zero-order valence-corrected chi connectivity index (χ0v) is 13.9. The average Bonchev–Trinajstić information content (AvgIpc) is 3.23. The molecule has 2 heterocycles. The molecule has 2 aromatic rings. The molecule has 1 aromatic heterocycles. The molecule has 1 aromatic carbocycles. The maximum atomic E-state index is 11.1. The van der Waals surface area contributed by atoms with Crippen molar-refractivity contribution >= 4 is 5.91 Å². The molecule has 3 rings (SSSR count). The minimum absolute atomic E-state index is 0.120. The number of benzene rings is 1. The van der Waals surface area contributed by atoms with E-state index >= 15 is 0 Å². The van der Waals surface area contributed by atoms with Crippen molar-refractivity contribution in [2.75, 3.05) is 13.2 Å². The van der Waals surface area contributed by atoms with Gasteiger partial charge in [0.2, 0.25) is 5.91 Å². The van der Waals surface area contributed by atoms with Crippen LogP contribution in [0.1, 0.15) is 40.9 Å². The third kappa shape index (κ3) is 3.83. The highest BCUT2D eigenvalue weighted by Crippen LogP contribution is 2.33. The second kappa shape index (κ2) is 7.59. The highest BCUT2D eigenvalue weighted by atomic mass is 16.5. The van der Waals surface area contributed by atoms with E-state index in [1.54, 1.807) is 12.1 Å². The van der Waals surface area contributed by atoms with E-state index in [4.69, 9.17) is 10.5 Å². The van der Waals surface area contributed by atoms with E-state index in [0.717, 1.165) is 43.8 Å². The molecule has 128 valence electrons. The number of amides is 1. The van der Waals surface area contributed by atoms with Gasteiger partial charge >= 0.3 is 0 Å². The Morgan fingerprint density at radius 1 is 1.42 bits per heavy atom. The lowest BCUT2D eigenvalue weighted by molar-refractivity contribution is 0.0903. The van der Waals surface area contributed by atoms with Gasteiger partial charge in [-0.2, -0.15) is 5.10 Å². The van der Waals surface area contributed by atoms with Crippen molar-refractivity contribution in [3.63, 3.8) is 0 Å². The molecule has 24 heavy (non-hydrogen) atoms. The summed E-state index contributed by atoms with van der Waals surface area (Å²) in [5, 5.41) is 7.83. The summed E-state index contributed by atoms with van der Waals surface area (Å²) in [6.07, 6.45) is 5.16. The summed E-state index contributed by atoms with van der Waals surface area (Å²) in [6, 6.07) is 7.39. The molecule has 6 heteroatoms. The molecule has 0 saturated carbocycles. The Hall–Kier alpha value is -2.18. The normalized spacial score (nSPS) is 20.4. The third-order valence-corrected chi connectivity index (χ3v) is 4.49. The lowest BCUT2D eigenvalue weighted by Crippen LogP contribution is -2.24. The first-order valence-electron chi connectivity index (χ1n) is 8.40. The van der Waals surface area contributed by atoms with Crippen molar-refractivity contribution in [1.29, 1.82) is 0 Å². The molecule has 0 spiro atoms. The smallest absolute Gasteiger partial charge is 0.248 e. The Kier molecular flexibility index (Phi) is 5.27. The lowest BCUT2D eigenvalue weighted by atomic mass is 9.97. The summed E-state index contributed by atoms with van der Waals surface area (Å²) in [7, 11) is 0. The summed E-state index contributed by atoms with van der Waals surface area (Å²) in [5.41, 5.74) is 8.08. The van der Waals surface area contributed by atoms with Crippen molar-refractivity contribution in [3.05, 3.63) is 53.3 Å². The largest absolute Gasteiger partial charge is 0.373 e. The van der Waals surface area contributed by atoms with Gasteiger partial charge in [-0.15, -0.1) is 0 Å². The van der Waals surface area contributed by atoms with Crippen LogP contribution in [0.2, 0.25) is 0 Å². The highest BCUT2D eigenvalue weighted by molar-refractivity contribution is 5.92. The monoisotopic (exact) mass is 328 g/mol. The SMILES string of the molecule is CCn1cc([C@@H]2OCC[C@@H]2CNCc2ccc(C(N)=O)cc2)cn1. The Morgan fingerprint density at radius 3 is 2.88 bits per heavy atom. The van der Waals surface area contributed by atoms with Gasteiger partial charge in [0, 0.05) is 49.5 Å². The van der Waals surface area contributed by atoms with Crippen LogP contribution in [0.15, 0.2) is 36.7 Å². The number of hydrogen-bond acceptors (Lipinski definition) is 4. The standard InChI is InChI=1S/C18H24N4O2/c1-2-22-12-16(11-21-22)17-15(7-8-24-17)10-20-9-13-3-5-14(6-4-13)18(19)23/h3-6,11-12,15,17,20H,2,7-10H2,1H3,(H2,19,23)/t15-,17-/m1/s1. The molecule has 6 nitrogen and oxygen atoms in total. The van der Waals surface area contributed by atoms with E-state index < -0.39 is 5.91 Å². The van der Waals surface area contributed by atoms with Crippen molar-refractivity contribution < 1.29 is 9.53 Å². The van der Waals surface area contributed by atoms with Crippen LogP contribution in [-0.2, 0) is 17.8 Å². The first kappa shape index (κ1) is 16.7. The van der Waals surface area contributed by atoms with E-state index in [0.29, 0.717) is 11.5 Å². The number of primary amides is 1. The molecular weight excluding hydrogens is 304 g/mol. The van der Waals surface area contributed by atoms with Crippen LogP contribution < -0.4 is 11.1 Å². The number of nitrogens with two attached hydrogens (primary N) is 1. The molecule has 1 fully saturated rings. The van der Waals surface area contributed by atoms with Crippen LogP contribution in [-0.4, -0.2) is 28.8 Å². The summed E-state index contributed by atoms with van der Waals surface area (Å²) in [5.74, 6) is 0.0532. The van der Waals surface area contributed by atoms with Crippen LogP contribution in [0.25, 0.3) is 0 Å². The number of nitrogens with zero attached hydrogens (tertiary/aromatic N) is 2. The van der Waals surface area contributed by atoms with Crippen LogP contribution in [0, 0.1) is 5.92 Å². The molecule has 0 aliphatic carbocycles. The Bertz CT molecular complexity index is 681. The summed E-state index contributed by atoms with van der Waals surface area (Å²) >= 11 is 0. The van der Waals surface area contributed by atoms with Gasteiger partial charge in [0.25, 0.3) is 0 Å². The van der Waals surface area contributed by atoms with Gasteiger partial charge in [-0.3, -0.25) is 9.48 Å². The fourth-order valence-corrected chi connectivity index (χ4v) is 3.10. The maximum Gasteiger partial charge on any atom is 0.248 e. The zero-order valence-electron chi connectivity index (χ0n) is 13.9. The first-order chi connectivity index (χ1) is 11.7. The lowest BCUT2D eigenvalue weighted by Gasteiger charge is -2.18. The number of rotatable bonds is 7. The van der Waals surface area contributed by atoms with E-state index in [1.165, 1.54) is 0 Å². The number of nitrogens with one attached hydrogen (secondary N) is 1. The van der Waals surface area contributed by atoms with E-state index in [-0.39, 0.29) is 6.10 Å². The van der Waals surface area contributed by atoms with Crippen molar-refractivity contribution in [1.82, 2.24) is 15.1 Å². The molecule has 1 aliphatic rings. The summed E-state index contributed by atoms with van der Waals surface area (Å²) < 4.78 is 7.84. The fourth-order valence-electron chi connectivity index (χ4n) is 3.10. The van der Waals surface area contributed by atoms with Gasteiger partial charge in [-0.05, 0) is 31.0 Å². The molecule has 0 unspecified atom stereocenters. The quantitative estimate of drug-likeness (QED) is 0.813. The number of carbonyl (C=O) groups excluding carboxylic acids is 1. The number of carbonyl (C=O) groups is 1. The predicted molar refractivity (Wildman–Crippen MR) is 91.4 cm³/mol. The predicted octanol–water partition coefficient (Wildman–Crippen LogP) is 1.87. The van der Waals surface area contributed by atoms with E-state index in [1.807, 2.05) is 23.0 Å². The van der Waals surface area contributed by atoms with Gasteiger partial charge in [-0.1, -0.05) is 12.1 Å². The molecule has 3 N–H and O–H groups in total. The molecule has 2 atom stereocenters. The summed E-state index contributed by atoms with van der Waals surface area (Å²) in [6.45, 7) is 5.39. The van der Waals surface area contributed by atoms with Crippen molar-refractivity contribution in [2.24, 2.45) is 11.7 Å². The molecular formula is C18H24N4O2. The van der Waals surface area contributed by atoms with Crippen LogP contribution >= 0.6 is 0 Å². The molecule has 1 aliphatic heterocycles. The van der Waals surface area contributed by atoms with Gasteiger partial charge in [0.15, 0.2) is 0 Å². The average molecular weight is 328 g/mol. The number of hydrogen-bond donors (Lipinski definition) is 2. The van der Waals surface area contributed by atoms with E-state index in [2.05, 4.69) is 23.5 Å². The molecule has 0 bridgehead atoms. The van der Waals surface area contributed by atoms with Crippen molar-refractivity contribution in [2.45, 2.75) is 32.5 Å². The van der Waals surface area contributed by atoms with Gasteiger partial charge in [0.05, 0.1) is 12.3 Å². The second-order valence-corrected chi connectivity index (χ2v) is 6.16. The maximum absolute atomic E-state index is 11.1. The molecule has 0 radical (unpaired) electrons. The summed E-state index contributed by atoms with van der Waals surface area (Å²) in [4.78, 5) is 11.1. The minimum atomic E-state index is -0.395. The first-order valence-corrected chi connectivity index (χ1v) is 8.40. The Labute approximate surface area is 142 Å². The highest BCUT2D eigenvalue weighted by Gasteiger charge is 2.30. The minimum Gasteiger partial charge on any atom is -0.373 e. The van der Waals surface area contributed by atoms with Crippen LogP contribution in [0.3, 0.4) is 0 Å². The molecule has 1 amide bonds.